The fraction of sp³-hybridized carbons (Fsp3) is 0.500. The van der Waals surface area contributed by atoms with Crippen LogP contribution >= 0.6 is 0 Å². The molecule has 0 aromatic carbocycles. The van der Waals surface area contributed by atoms with E-state index in [1.807, 2.05) is 26.0 Å². The largest absolute Gasteiger partial charge is 0.348 e. The fourth-order valence-electron chi connectivity index (χ4n) is 1.17. The highest BCUT2D eigenvalue weighted by Crippen LogP contribution is 2.21. The predicted octanol–water partition coefficient (Wildman–Crippen LogP) is 1.33. The molecule has 1 rings (SSSR count). The van der Waals surface area contributed by atoms with E-state index in [-0.39, 0.29) is 5.91 Å². The highest BCUT2D eigenvalue weighted by molar-refractivity contribution is 5.93. The lowest BCUT2D eigenvalue weighted by atomic mass is 9.88. The van der Waals surface area contributed by atoms with Crippen molar-refractivity contribution < 1.29 is 4.79 Å². The Hall–Kier alpha value is -1.29. The van der Waals surface area contributed by atoms with E-state index in [9.17, 15) is 4.79 Å². The number of hydrogen-bond acceptors (Lipinski definition) is 2. The Morgan fingerprint density at radius 3 is 2.86 bits per heavy atom. The minimum atomic E-state index is -0.417. The summed E-state index contributed by atoms with van der Waals surface area (Å²) in [6, 6.07) is 3.65. The molecule has 78 valence electrons. The maximum Gasteiger partial charge on any atom is 0.231 e. The van der Waals surface area contributed by atoms with E-state index in [1.165, 1.54) is 0 Å². The van der Waals surface area contributed by atoms with Crippen LogP contribution in [0.15, 0.2) is 18.3 Å². The van der Waals surface area contributed by atoms with Gasteiger partial charge in [0.15, 0.2) is 0 Å². The first-order valence-electron chi connectivity index (χ1n) is 4.71. The van der Waals surface area contributed by atoms with Crippen molar-refractivity contribution in [3.05, 3.63) is 18.3 Å². The fourth-order valence-corrected chi connectivity index (χ4v) is 1.17. The molecule has 0 radical (unpaired) electrons. The number of nitrogens with two attached hydrogens (primary N) is 1. The number of rotatable bonds is 4. The summed E-state index contributed by atoms with van der Waals surface area (Å²) < 4.78 is 0. The number of aromatic nitrogens is 1. The molecule has 4 nitrogen and oxygen atoms in total. The zero-order valence-corrected chi connectivity index (χ0v) is 8.63. The van der Waals surface area contributed by atoms with E-state index in [0.29, 0.717) is 13.0 Å². The number of carbonyl (C=O) groups excluding carboxylic acids is 1. The molecule has 4 N–H and O–H groups in total. The molecule has 1 heterocycles. The van der Waals surface area contributed by atoms with Crippen LogP contribution in [-0.4, -0.2) is 17.4 Å². The third kappa shape index (κ3) is 2.60. The van der Waals surface area contributed by atoms with Crippen molar-refractivity contribution in [2.45, 2.75) is 20.3 Å². The van der Waals surface area contributed by atoms with Gasteiger partial charge >= 0.3 is 0 Å². The third-order valence-electron chi connectivity index (χ3n) is 2.23. The highest BCUT2D eigenvalue weighted by atomic mass is 16.2. The Morgan fingerprint density at radius 1 is 1.64 bits per heavy atom. The first-order chi connectivity index (χ1) is 6.56. The lowest BCUT2D eigenvalue weighted by molar-refractivity contribution is -0.124. The summed E-state index contributed by atoms with van der Waals surface area (Å²) in [7, 11) is 0. The SMILES string of the molecule is CC(C)(CCN)C(=O)Nc1ccc[nH]1. The number of aromatic amines is 1. The first kappa shape index (κ1) is 10.8. The lowest BCUT2D eigenvalue weighted by Gasteiger charge is -2.22. The smallest absolute Gasteiger partial charge is 0.231 e. The summed E-state index contributed by atoms with van der Waals surface area (Å²) in [5, 5.41) is 2.80. The molecule has 0 atom stereocenters. The van der Waals surface area contributed by atoms with Crippen LogP contribution in [0.2, 0.25) is 0 Å². The molecule has 0 aliphatic heterocycles. The summed E-state index contributed by atoms with van der Waals surface area (Å²) in [5.41, 5.74) is 5.02. The Kier molecular flexibility index (Phi) is 3.30. The van der Waals surface area contributed by atoms with Gasteiger partial charge in [-0.3, -0.25) is 4.79 Å². The molecule has 1 amide bonds. The van der Waals surface area contributed by atoms with Crippen molar-refractivity contribution in [2.24, 2.45) is 11.1 Å². The number of H-pyrrole nitrogens is 1. The van der Waals surface area contributed by atoms with Gasteiger partial charge in [0.05, 0.1) is 0 Å². The van der Waals surface area contributed by atoms with Crippen LogP contribution in [0.4, 0.5) is 5.82 Å². The molecule has 4 heteroatoms. The van der Waals surface area contributed by atoms with Crippen LogP contribution in [0, 0.1) is 5.41 Å². The van der Waals surface area contributed by atoms with Gasteiger partial charge in [-0.1, -0.05) is 13.8 Å². The number of amides is 1. The van der Waals surface area contributed by atoms with Crippen LogP contribution in [0.1, 0.15) is 20.3 Å². The zero-order chi connectivity index (χ0) is 10.6. The van der Waals surface area contributed by atoms with Crippen molar-refractivity contribution in [1.82, 2.24) is 4.98 Å². The van der Waals surface area contributed by atoms with Gasteiger partial charge in [-0.15, -0.1) is 0 Å². The van der Waals surface area contributed by atoms with Gasteiger partial charge in [0.1, 0.15) is 5.82 Å². The van der Waals surface area contributed by atoms with Gasteiger partial charge in [-0.2, -0.15) is 0 Å². The van der Waals surface area contributed by atoms with E-state index >= 15 is 0 Å². The van der Waals surface area contributed by atoms with Crippen molar-refractivity contribution in [1.29, 1.82) is 0 Å². The Morgan fingerprint density at radius 2 is 2.36 bits per heavy atom. The molecule has 1 aromatic heterocycles. The third-order valence-corrected chi connectivity index (χ3v) is 2.23. The first-order valence-corrected chi connectivity index (χ1v) is 4.71. The molecular formula is C10H17N3O. The zero-order valence-electron chi connectivity index (χ0n) is 8.63. The molecule has 0 saturated carbocycles. The molecular weight excluding hydrogens is 178 g/mol. The standard InChI is InChI=1S/C10H17N3O/c1-10(2,5-6-11)9(14)13-8-4-3-7-12-8/h3-4,7,12H,5-6,11H2,1-2H3,(H,13,14). The van der Waals surface area contributed by atoms with Crippen molar-refractivity contribution >= 4 is 11.7 Å². The Bertz CT molecular complexity index is 290. The average Bonchev–Trinajstić information content (AvgIpc) is 2.56. The molecule has 14 heavy (non-hydrogen) atoms. The molecule has 0 saturated heterocycles. The van der Waals surface area contributed by atoms with E-state index < -0.39 is 5.41 Å². The molecule has 1 aromatic rings. The molecule has 0 aliphatic rings. The summed E-state index contributed by atoms with van der Waals surface area (Å²) in [6.07, 6.45) is 2.45. The van der Waals surface area contributed by atoms with Crippen molar-refractivity contribution in [2.75, 3.05) is 11.9 Å². The normalized spacial score (nSPS) is 11.4. The summed E-state index contributed by atoms with van der Waals surface area (Å²) in [6.45, 7) is 4.29. The maximum atomic E-state index is 11.7. The van der Waals surface area contributed by atoms with Gasteiger partial charge in [0, 0.05) is 11.6 Å². The van der Waals surface area contributed by atoms with E-state index in [0.717, 1.165) is 5.82 Å². The Balaban J connectivity index is 2.57. The number of carbonyl (C=O) groups is 1. The monoisotopic (exact) mass is 195 g/mol. The maximum absolute atomic E-state index is 11.7. The van der Waals surface area contributed by atoms with Gasteiger partial charge in [-0.05, 0) is 25.1 Å². The van der Waals surface area contributed by atoms with E-state index in [2.05, 4.69) is 10.3 Å². The average molecular weight is 195 g/mol. The van der Waals surface area contributed by atoms with E-state index in [4.69, 9.17) is 5.73 Å². The molecule has 0 unspecified atom stereocenters. The summed E-state index contributed by atoms with van der Waals surface area (Å²) in [4.78, 5) is 14.7. The van der Waals surface area contributed by atoms with Crippen LogP contribution in [0.25, 0.3) is 0 Å². The lowest BCUT2D eigenvalue weighted by Crippen LogP contribution is -2.32. The van der Waals surface area contributed by atoms with Crippen molar-refractivity contribution in [3.63, 3.8) is 0 Å². The molecule has 0 aliphatic carbocycles. The van der Waals surface area contributed by atoms with Crippen LogP contribution < -0.4 is 11.1 Å². The molecule has 0 fully saturated rings. The van der Waals surface area contributed by atoms with Gasteiger partial charge < -0.3 is 16.0 Å². The second kappa shape index (κ2) is 4.28. The van der Waals surface area contributed by atoms with Crippen LogP contribution in [0.5, 0.6) is 0 Å². The van der Waals surface area contributed by atoms with E-state index in [1.54, 1.807) is 6.20 Å². The minimum Gasteiger partial charge on any atom is -0.348 e. The van der Waals surface area contributed by atoms with Gasteiger partial charge in [-0.25, -0.2) is 0 Å². The number of anilines is 1. The van der Waals surface area contributed by atoms with Crippen molar-refractivity contribution in [3.8, 4) is 0 Å². The van der Waals surface area contributed by atoms with Gasteiger partial charge in [0.2, 0.25) is 5.91 Å². The van der Waals surface area contributed by atoms with Crippen LogP contribution in [0.3, 0.4) is 0 Å². The molecule has 0 bridgehead atoms. The van der Waals surface area contributed by atoms with Gasteiger partial charge in [0.25, 0.3) is 0 Å². The second-order valence-electron chi connectivity index (χ2n) is 3.96. The second-order valence-corrected chi connectivity index (χ2v) is 3.96. The molecule has 0 spiro atoms. The summed E-state index contributed by atoms with van der Waals surface area (Å²) >= 11 is 0. The van der Waals surface area contributed by atoms with Crippen LogP contribution in [-0.2, 0) is 4.79 Å². The Labute approximate surface area is 83.9 Å². The number of nitrogens with one attached hydrogen (secondary N) is 2. The topological polar surface area (TPSA) is 70.9 Å². The number of hydrogen-bond donors (Lipinski definition) is 3. The summed E-state index contributed by atoms with van der Waals surface area (Å²) in [5.74, 6) is 0.713. The minimum absolute atomic E-state index is 0.00889. The highest BCUT2D eigenvalue weighted by Gasteiger charge is 2.26. The predicted molar refractivity (Wildman–Crippen MR) is 56.9 cm³/mol. The quantitative estimate of drug-likeness (QED) is 0.678.